The van der Waals surface area contributed by atoms with Gasteiger partial charge in [0, 0.05) is 32.7 Å². The number of fused-ring (bicyclic) bond motifs is 1. The molecule has 1 fully saturated rings. The molecule has 3 heterocycles. The highest BCUT2D eigenvalue weighted by atomic mass is 35.5. The van der Waals surface area contributed by atoms with Gasteiger partial charge in [0.15, 0.2) is 11.6 Å². The Morgan fingerprint density at radius 2 is 1.97 bits per heavy atom. The fourth-order valence-electron chi connectivity index (χ4n) is 4.56. The first-order chi connectivity index (χ1) is 16.0. The molecule has 5 rings (SSSR count). The molecule has 0 radical (unpaired) electrons. The van der Waals surface area contributed by atoms with E-state index in [1.165, 1.54) is 12.8 Å². The van der Waals surface area contributed by atoms with Crippen LogP contribution in [0, 0.1) is 6.92 Å². The summed E-state index contributed by atoms with van der Waals surface area (Å²) in [4.78, 5) is 24.2. The highest BCUT2D eigenvalue weighted by Crippen LogP contribution is 2.37. The number of aryl methyl sites for hydroxylation is 1. The quantitative estimate of drug-likeness (QED) is 0.381. The van der Waals surface area contributed by atoms with Crippen molar-refractivity contribution in [1.29, 1.82) is 0 Å². The SMILES string of the molecule is COc1ccc2[nH]c(C)c(C(C(=O)c3ccc(Cl)cc3)c3nc(CN4CCCC4)no3)c2c1. The van der Waals surface area contributed by atoms with Crippen molar-refractivity contribution in [3.63, 3.8) is 0 Å². The molecule has 8 heteroatoms. The van der Waals surface area contributed by atoms with Crippen LogP contribution in [0.2, 0.25) is 5.02 Å². The number of hydrogen-bond donors (Lipinski definition) is 1. The first-order valence-electron chi connectivity index (χ1n) is 11.0. The minimum Gasteiger partial charge on any atom is -0.497 e. The third kappa shape index (κ3) is 4.26. The molecule has 2 aromatic heterocycles. The second-order valence-corrected chi connectivity index (χ2v) is 8.85. The van der Waals surface area contributed by atoms with Gasteiger partial charge in [-0.2, -0.15) is 4.98 Å². The monoisotopic (exact) mass is 464 g/mol. The van der Waals surface area contributed by atoms with Crippen molar-refractivity contribution in [2.75, 3.05) is 20.2 Å². The number of carbonyl (C=O) groups excluding carboxylic acids is 1. The van der Waals surface area contributed by atoms with E-state index < -0.39 is 5.92 Å². The maximum absolute atomic E-state index is 13.8. The van der Waals surface area contributed by atoms with Gasteiger partial charge in [-0.1, -0.05) is 16.8 Å². The normalized spacial score (nSPS) is 15.2. The van der Waals surface area contributed by atoms with Gasteiger partial charge in [0.2, 0.25) is 5.89 Å². The number of carbonyl (C=O) groups is 1. The molecule has 1 atom stereocenters. The van der Waals surface area contributed by atoms with Crippen molar-refractivity contribution in [3.05, 3.63) is 76.0 Å². The van der Waals surface area contributed by atoms with E-state index in [1.807, 2.05) is 25.1 Å². The van der Waals surface area contributed by atoms with Crippen molar-refractivity contribution >= 4 is 28.3 Å². The summed E-state index contributed by atoms with van der Waals surface area (Å²) in [6.07, 6.45) is 2.36. The first-order valence-corrected chi connectivity index (χ1v) is 11.4. The van der Waals surface area contributed by atoms with E-state index >= 15 is 0 Å². The van der Waals surface area contributed by atoms with E-state index in [1.54, 1.807) is 31.4 Å². The van der Waals surface area contributed by atoms with Gasteiger partial charge in [-0.25, -0.2) is 0 Å². The number of nitrogens with zero attached hydrogens (tertiary/aromatic N) is 3. The topological polar surface area (TPSA) is 84.3 Å². The Balaban J connectivity index is 1.61. The standard InChI is InChI=1S/C25H25ClN4O3/c1-15-22(19-13-18(32-2)9-10-20(19)27-15)23(24(31)16-5-7-17(26)8-6-16)25-28-21(29-33-25)14-30-11-3-4-12-30/h5-10,13,23,27H,3-4,11-12,14H2,1-2H3. The van der Waals surface area contributed by atoms with Crippen LogP contribution in [0.5, 0.6) is 5.75 Å². The van der Waals surface area contributed by atoms with Crippen LogP contribution in [0.4, 0.5) is 0 Å². The number of hydrogen-bond acceptors (Lipinski definition) is 6. The number of aromatic amines is 1. The van der Waals surface area contributed by atoms with Crippen LogP contribution in [0.1, 0.15) is 52.1 Å². The molecule has 1 N–H and O–H groups in total. The van der Waals surface area contributed by atoms with Crippen LogP contribution >= 0.6 is 11.6 Å². The van der Waals surface area contributed by atoms with Crippen LogP contribution in [0.25, 0.3) is 10.9 Å². The van der Waals surface area contributed by atoms with Gasteiger partial charge < -0.3 is 14.2 Å². The second kappa shape index (κ2) is 9.00. The molecule has 0 spiro atoms. The molecule has 1 aliphatic heterocycles. The lowest BCUT2D eigenvalue weighted by molar-refractivity contribution is 0.0961. The molecule has 33 heavy (non-hydrogen) atoms. The summed E-state index contributed by atoms with van der Waals surface area (Å²) in [5, 5.41) is 5.67. The van der Waals surface area contributed by atoms with Gasteiger partial charge in [-0.3, -0.25) is 9.69 Å². The van der Waals surface area contributed by atoms with E-state index in [-0.39, 0.29) is 11.7 Å². The number of methoxy groups -OCH3 is 1. The lowest BCUT2D eigenvalue weighted by Crippen LogP contribution is -2.19. The number of likely N-dealkylation sites (tertiary alicyclic amines) is 1. The molecule has 1 unspecified atom stereocenters. The number of H-pyrrole nitrogens is 1. The van der Waals surface area contributed by atoms with Gasteiger partial charge in [-0.15, -0.1) is 0 Å². The lowest BCUT2D eigenvalue weighted by Gasteiger charge is -2.14. The van der Waals surface area contributed by atoms with Crippen molar-refractivity contribution < 1.29 is 14.1 Å². The summed E-state index contributed by atoms with van der Waals surface area (Å²) in [7, 11) is 1.62. The number of nitrogens with one attached hydrogen (secondary N) is 1. The molecule has 4 aromatic rings. The number of aromatic nitrogens is 3. The summed E-state index contributed by atoms with van der Waals surface area (Å²) in [5.74, 6) is 0.703. The van der Waals surface area contributed by atoms with Gasteiger partial charge in [-0.05, 0) is 75.3 Å². The Bertz CT molecular complexity index is 1290. The molecule has 1 aliphatic rings. The summed E-state index contributed by atoms with van der Waals surface area (Å²) in [6.45, 7) is 4.62. The van der Waals surface area contributed by atoms with Gasteiger partial charge in [0.1, 0.15) is 11.7 Å². The Morgan fingerprint density at radius 3 is 2.70 bits per heavy atom. The number of ether oxygens (including phenoxy) is 1. The van der Waals surface area contributed by atoms with Gasteiger partial charge in [0.25, 0.3) is 0 Å². The van der Waals surface area contributed by atoms with Crippen molar-refractivity contribution in [2.45, 2.75) is 32.2 Å². The first kappa shape index (κ1) is 21.7. The predicted molar refractivity (Wildman–Crippen MR) is 126 cm³/mol. The molecule has 0 aliphatic carbocycles. The third-order valence-corrected chi connectivity index (χ3v) is 6.47. The number of ketones is 1. The average molecular weight is 465 g/mol. The summed E-state index contributed by atoms with van der Waals surface area (Å²) in [6, 6.07) is 12.6. The number of benzene rings is 2. The number of halogens is 1. The molecule has 0 bridgehead atoms. The largest absolute Gasteiger partial charge is 0.497 e. The highest BCUT2D eigenvalue weighted by molar-refractivity contribution is 6.30. The van der Waals surface area contributed by atoms with Crippen LogP contribution in [0.15, 0.2) is 47.0 Å². The minimum atomic E-state index is -0.758. The molecule has 0 amide bonds. The highest BCUT2D eigenvalue weighted by Gasteiger charge is 2.33. The van der Waals surface area contributed by atoms with Gasteiger partial charge >= 0.3 is 0 Å². The maximum Gasteiger partial charge on any atom is 0.242 e. The average Bonchev–Trinajstić information content (AvgIpc) is 3.56. The Labute approximate surface area is 196 Å². The van der Waals surface area contributed by atoms with E-state index in [9.17, 15) is 4.79 Å². The smallest absolute Gasteiger partial charge is 0.242 e. The Kier molecular flexibility index (Phi) is 5.91. The Morgan fingerprint density at radius 1 is 1.21 bits per heavy atom. The zero-order valence-electron chi connectivity index (χ0n) is 18.6. The fraction of sp³-hybridized carbons (Fsp3) is 0.320. The van der Waals surface area contributed by atoms with E-state index in [4.69, 9.17) is 20.9 Å². The van der Waals surface area contributed by atoms with Crippen LogP contribution in [-0.2, 0) is 6.54 Å². The van der Waals surface area contributed by atoms with Gasteiger partial charge in [0.05, 0.1) is 13.7 Å². The van der Waals surface area contributed by atoms with Crippen LogP contribution < -0.4 is 4.74 Å². The molecule has 1 saturated heterocycles. The molecule has 7 nitrogen and oxygen atoms in total. The molecule has 2 aromatic carbocycles. The summed E-state index contributed by atoms with van der Waals surface area (Å²) in [5.41, 5.74) is 3.11. The van der Waals surface area contributed by atoms with Crippen molar-refractivity contribution in [1.82, 2.24) is 20.0 Å². The van der Waals surface area contributed by atoms with Crippen molar-refractivity contribution in [3.8, 4) is 5.75 Å². The molecule has 170 valence electrons. The zero-order valence-corrected chi connectivity index (χ0v) is 19.4. The third-order valence-electron chi connectivity index (χ3n) is 6.22. The van der Waals surface area contributed by atoms with Crippen LogP contribution in [0.3, 0.4) is 0 Å². The second-order valence-electron chi connectivity index (χ2n) is 8.41. The fourth-order valence-corrected chi connectivity index (χ4v) is 4.69. The zero-order chi connectivity index (χ0) is 22.9. The maximum atomic E-state index is 13.8. The minimum absolute atomic E-state index is 0.130. The summed E-state index contributed by atoms with van der Waals surface area (Å²) >= 11 is 6.06. The van der Waals surface area contributed by atoms with E-state index in [0.29, 0.717) is 28.7 Å². The molecular formula is C25H25ClN4O3. The number of Topliss-reactive ketones (excluding diaryl/α,β-unsaturated/α-hetero) is 1. The van der Waals surface area contributed by atoms with E-state index in [0.717, 1.165) is 35.2 Å². The number of rotatable bonds is 7. The van der Waals surface area contributed by atoms with Crippen molar-refractivity contribution in [2.24, 2.45) is 0 Å². The predicted octanol–water partition coefficient (Wildman–Crippen LogP) is 5.13. The van der Waals surface area contributed by atoms with E-state index in [2.05, 4.69) is 20.0 Å². The van der Waals surface area contributed by atoms with Crippen LogP contribution in [-0.4, -0.2) is 46.0 Å². The molecule has 0 saturated carbocycles. The Hall–Kier alpha value is -3.16. The lowest BCUT2D eigenvalue weighted by atomic mass is 9.88. The molecular weight excluding hydrogens is 440 g/mol. The summed E-state index contributed by atoms with van der Waals surface area (Å²) < 4.78 is 11.1.